The summed E-state index contributed by atoms with van der Waals surface area (Å²) in [5.74, 6) is 1.30. The molecule has 2 rings (SSSR count). The molecule has 17 heavy (non-hydrogen) atoms. The molecule has 0 bridgehead atoms. The van der Waals surface area contributed by atoms with Gasteiger partial charge in [-0.25, -0.2) is 9.98 Å². The third-order valence-corrected chi connectivity index (χ3v) is 3.61. The van der Waals surface area contributed by atoms with Gasteiger partial charge in [-0.15, -0.1) is 0 Å². The molecule has 1 aliphatic heterocycles. The molecule has 0 spiro atoms. The van der Waals surface area contributed by atoms with Gasteiger partial charge in [-0.2, -0.15) is 0 Å². The highest BCUT2D eigenvalue weighted by molar-refractivity contribution is 14.1. The second-order valence-corrected chi connectivity index (χ2v) is 5.09. The Bertz CT molecular complexity index is 532. The fourth-order valence-corrected chi connectivity index (χ4v) is 2.74. The number of amidine groups is 2. The van der Waals surface area contributed by atoms with Crippen molar-refractivity contribution in [3.8, 4) is 0 Å². The van der Waals surface area contributed by atoms with Crippen LogP contribution >= 0.6 is 22.6 Å². The van der Waals surface area contributed by atoms with Crippen LogP contribution in [0.3, 0.4) is 0 Å². The van der Waals surface area contributed by atoms with Crippen molar-refractivity contribution in [2.45, 2.75) is 27.2 Å². The van der Waals surface area contributed by atoms with E-state index in [-0.39, 0.29) is 0 Å². The average molecular weight is 342 g/mol. The van der Waals surface area contributed by atoms with E-state index >= 15 is 0 Å². The Hall–Kier alpha value is -0.980. The van der Waals surface area contributed by atoms with Crippen molar-refractivity contribution in [1.29, 1.82) is 0 Å². The van der Waals surface area contributed by atoms with Crippen molar-refractivity contribution in [3.05, 3.63) is 26.1 Å². The summed E-state index contributed by atoms with van der Waals surface area (Å²) in [7, 11) is 0. The van der Waals surface area contributed by atoms with Crippen LogP contribution in [-0.4, -0.2) is 23.2 Å². The minimum Gasteiger partial charge on any atom is -0.383 e. The Morgan fingerprint density at radius 2 is 2.00 bits per heavy atom. The normalized spacial score (nSPS) is 16.2. The molecule has 0 aliphatic carbocycles. The summed E-state index contributed by atoms with van der Waals surface area (Å²) in [5, 5.41) is 0. The highest BCUT2D eigenvalue weighted by Gasteiger charge is 2.26. The standard InChI is InChI=1S/C12H15IN4/c1-4-5-15-12-8-6(2)7(3)16-10(13)9(8)11(14)17-12/h4-5H2,1-3H3,(H2,14,15,17). The quantitative estimate of drug-likeness (QED) is 0.661. The first-order valence-corrected chi connectivity index (χ1v) is 6.70. The van der Waals surface area contributed by atoms with Crippen LogP contribution in [0.4, 0.5) is 0 Å². The number of halogens is 1. The van der Waals surface area contributed by atoms with Gasteiger partial charge in [0, 0.05) is 17.8 Å². The molecule has 4 nitrogen and oxygen atoms in total. The first-order chi connectivity index (χ1) is 8.06. The topological polar surface area (TPSA) is 63.6 Å². The van der Waals surface area contributed by atoms with Crippen molar-refractivity contribution in [2.75, 3.05) is 6.54 Å². The molecule has 0 fully saturated rings. The zero-order chi connectivity index (χ0) is 12.6. The van der Waals surface area contributed by atoms with Gasteiger partial charge in [-0.1, -0.05) is 6.92 Å². The molecule has 90 valence electrons. The van der Waals surface area contributed by atoms with Gasteiger partial charge in [0.25, 0.3) is 0 Å². The largest absolute Gasteiger partial charge is 0.383 e. The molecule has 2 N–H and O–H groups in total. The highest BCUT2D eigenvalue weighted by Crippen LogP contribution is 2.26. The lowest BCUT2D eigenvalue weighted by molar-refractivity contribution is 0.930. The fourth-order valence-electron chi connectivity index (χ4n) is 1.83. The maximum absolute atomic E-state index is 5.95. The minimum atomic E-state index is 0.537. The molecule has 0 radical (unpaired) electrons. The predicted octanol–water partition coefficient (Wildman–Crippen LogP) is 2.18. The molecule has 1 aliphatic rings. The number of fused-ring (bicyclic) bond motifs is 1. The second-order valence-electron chi connectivity index (χ2n) is 4.07. The summed E-state index contributed by atoms with van der Waals surface area (Å²) >= 11 is 2.20. The Kier molecular flexibility index (Phi) is 3.46. The summed E-state index contributed by atoms with van der Waals surface area (Å²) < 4.78 is 0.906. The number of aryl methyl sites for hydroxylation is 1. The van der Waals surface area contributed by atoms with Gasteiger partial charge in [-0.05, 0) is 48.4 Å². The zero-order valence-corrected chi connectivity index (χ0v) is 12.4. The predicted molar refractivity (Wildman–Crippen MR) is 78.8 cm³/mol. The van der Waals surface area contributed by atoms with Gasteiger partial charge in [0.15, 0.2) is 5.84 Å². The molecule has 0 saturated carbocycles. The average Bonchev–Trinajstić information content (AvgIpc) is 2.61. The number of pyridine rings is 1. The third-order valence-electron chi connectivity index (χ3n) is 2.83. The smallest absolute Gasteiger partial charge is 0.158 e. The number of hydrogen-bond donors (Lipinski definition) is 1. The van der Waals surface area contributed by atoms with Crippen molar-refractivity contribution < 1.29 is 0 Å². The Labute approximate surface area is 115 Å². The molecule has 5 heteroatoms. The number of nitrogens with two attached hydrogens (primary N) is 1. The van der Waals surface area contributed by atoms with E-state index in [1.807, 2.05) is 13.8 Å². The minimum absolute atomic E-state index is 0.537. The molecule has 0 amide bonds. The van der Waals surface area contributed by atoms with Gasteiger partial charge in [0.2, 0.25) is 0 Å². The number of nitrogens with zero attached hydrogens (tertiary/aromatic N) is 3. The highest BCUT2D eigenvalue weighted by atomic mass is 127. The van der Waals surface area contributed by atoms with Gasteiger partial charge in [0.1, 0.15) is 9.54 Å². The number of aliphatic imine (C=N–C) groups is 2. The molecule has 0 atom stereocenters. The molecule has 0 aromatic carbocycles. The molecule has 2 heterocycles. The van der Waals surface area contributed by atoms with E-state index in [1.165, 1.54) is 0 Å². The van der Waals surface area contributed by atoms with E-state index in [1.54, 1.807) is 0 Å². The van der Waals surface area contributed by atoms with Crippen LogP contribution in [0.25, 0.3) is 0 Å². The van der Waals surface area contributed by atoms with E-state index in [2.05, 4.69) is 44.5 Å². The third kappa shape index (κ3) is 2.08. The van der Waals surface area contributed by atoms with Crippen molar-refractivity contribution >= 4 is 34.3 Å². The maximum atomic E-state index is 5.95. The first-order valence-electron chi connectivity index (χ1n) is 5.62. The molecular weight excluding hydrogens is 327 g/mol. The van der Waals surface area contributed by atoms with Crippen molar-refractivity contribution in [2.24, 2.45) is 15.7 Å². The Morgan fingerprint density at radius 1 is 1.29 bits per heavy atom. The van der Waals surface area contributed by atoms with E-state index in [0.29, 0.717) is 5.84 Å². The van der Waals surface area contributed by atoms with E-state index < -0.39 is 0 Å². The van der Waals surface area contributed by atoms with Crippen LogP contribution in [0.15, 0.2) is 9.98 Å². The molecule has 1 aromatic rings. The Morgan fingerprint density at radius 3 is 2.65 bits per heavy atom. The van der Waals surface area contributed by atoms with Crippen LogP contribution in [0.5, 0.6) is 0 Å². The van der Waals surface area contributed by atoms with Crippen LogP contribution in [-0.2, 0) is 0 Å². The first kappa shape index (κ1) is 12.5. The molecule has 0 unspecified atom stereocenters. The van der Waals surface area contributed by atoms with Gasteiger partial charge >= 0.3 is 0 Å². The van der Waals surface area contributed by atoms with Crippen LogP contribution < -0.4 is 5.73 Å². The monoisotopic (exact) mass is 342 g/mol. The summed E-state index contributed by atoms with van der Waals surface area (Å²) in [6.07, 6.45) is 1.01. The molecular formula is C12H15IN4. The van der Waals surface area contributed by atoms with Crippen molar-refractivity contribution in [3.63, 3.8) is 0 Å². The molecule has 1 aromatic heterocycles. The zero-order valence-electron chi connectivity index (χ0n) is 10.2. The SMILES string of the molecule is CCCN=C1N=C(N)c2c(I)nc(C)c(C)c21. The van der Waals surface area contributed by atoms with Gasteiger partial charge < -0.3 is 5.73 Å². The van der Waals surface area contributed by atoms with E-state index in [9.17, 15) is 0 Å². The maximum Gasteiger partial charge on any atom is 0.158 e. The van der Waals surface area contributed by atoms with Crippen LogP contribution in [0, 0.1) is 17.5 Å². The van der Waals surface area contributed by atoms with Gasteiger partial charge in [0.05, 0.1) is 5.56 Å². The lowest BCUT2D eigenvalue weighted by Gasteiger charge is -2.09. The lowest BCUT2D eigenvalue weighted by Crippen LogP contribution is -2.14. The summed E-state index contributed by atoms with van der Waals surface area (Å²) in [6, 6.07) is 0. The fraction of sp³-hybridized carbons (Fsp3) is 0.417. The lowest BCUT2D eigenvalue weighted by atomic mass is 10.0. The number of aromatic nitrogens is 1. The summed E-state index contributed by atoms with van der Waals surface area (Å²) in [4.78, 5) is 13.3. The van der Waals surface area contributed by atoms with Crippen molar-refractivity contribution in [1.82, 2.24) is 4.98 Å². The summed E-state index contributed by atoms with van der Waals surface area (Å²) in [5.41, 5.74) is 10.1. The second kappa shape index (κ2) is 4.72. The van der Waals surface area contributed by atoms with Gasteiger partial charge in [-0.3, -0.25) is 4.99 Å². The molecule has 0 saturated heterocycles. The number of hydrogen-bond acceptors (Lipinski definition) is 3. The van der Waals surface area contributed by atoms with E-state index in [4.69, 9.17) is 5.73 Å². The van der Waals surface area contributed by atoms with Crippen LogP contribution in [0.1, 0.15) is 35.7 Å². The number of rotatable bonds is 2. The van der Waals surface area contributed by atoms with Crippen LogP contribution in [0.2, 0.25) is 0 Å². The summed E-state index contributed by atoms with van der Waals surface area (Å²) in [6.45, 7) is 6.93. The van der Waals surface area contributed by atoms with E-state index in [0.717, 1.165) is 44.9 Å². The Balaban J connectivity index is 2.65.